The number of carbonyl (C=O) groups is 3. The zero-order chi connectivity index (χ0) is 23.4. The largest absolute Gasteiger partial charge is 0.328 e. The summed E-state index contributed by atoms with van der Waals surface area (Å²) in [7, 11) is 0. The molecule has 1 heterocycles. The highest BCUT2D eigenvalue weighted by atomic mass is 19.1. The van der Waals surface area contributed by atoms with Gasteiger partial charge in [0.2, 0.25) is 0 Å². The summed E-state index contributed by atoms with van der Waals surface area (Å²) in [5.74, 6) is -1.69. The second kappa shape index (κ2) is 9.65. The second-order valence-corrected chi connectivity index (χ2v) is 8.05. The number of rotatable bonds is 6. The lowest BCUT2D eigenvalue weighted by atomic mass is 10.1. The minimum atomic E-state index is -0.570. The number of nitrogens with zero attached hydrogens (tertiary/aromatic N) is 2. The lowest BCUT2D eigenvalue weighted by Gasteiger charge is -2.33. The fourth-order valence-corrected chi connectivity index (χ4v) is 3.72. The van der Waals surface area contributed by atoms with Gasteiger partial charge in [-0.3, -0.25) is 14.4 Å². The number of para-hydroxylation sites is 1. The van der Waals surface area contributed by atoms with Crippen molar-refractivity contribution in [3.05, 3.63) is 101 Å². The Morgan fingerprint density at radius 1 is 0.818 bits per heavy atom. The Morgan fingerprint density at radius 3 is 1.88 bits per heavy atom. The van der Waals surface area contributed by atoms with Crippen molar-refractivity contribution < 1.29 is 18.8 Å². The van der Waals surface area contributed by atoms with E-state index < -0.39 is 11.8 Å². The summed E-state index contributed by atoms with van der Waals surface area (Å²) in [5, 5.41) is 2.89. The van der Waals surface area contributed by atoms with E-state index in [1.807, 2.05) is 31.2 Å². The van der Waals surface area contributed by atoms with Gasteiger partial charge < -0.3 is 15.1 Å². The second-order valence-electron chi connectivity index (χ2n) is 8.05. The van der Waals surface area contributed by atoms with Crippen molar-refractivity contribution in [3.8, 4) is 0 Å². The van der Waals surface area contributed by atoms with Gasteiger partial charge in [-0.25, -0.2) is 4.39 Å². The number of benzene rings is 3. The molecule has 0 saturated carbocycles. The van der Waals surface area contributed by atoms with Gasteiger partial charge in [0.05, 0.1) is 0 Å². The summed E-state index contributed by atoms with van der Waals surface area (Å²) >= 11 is 0. The van der Waals surface area contributed by atoms with Crippen LogP contribution >= 0.6 is 0 Å². The first kappa shape index (κ1) is 22.2. The minimum absolute atomic E-state index is 0.212. The van der Waals surface area contributed by atoms with E-state index in [1.54, 1.807) is 36.4 Å². The van der Waals surface area contributed by atoms with Crippen LogP contribution in [0.4, 0.5) is 10.1 Å². The molecule has 3 amide bonds. The summed E-state index contributed by atoms with van der Waals surface area (Å²) in [5.41, 5.74) is 3.84. The predicted molar refractivity (Wildman–Crippen MR) is 123 cm³/mol. The van der Waals surface area contributed by atoms with E-state index in [4.69, 9.17) is 0 Å². The van der Waals surface area contributed by atoms with Gasteiger partial charge in [-0.2, -0.15) is 0 Å². The maximum Gasteiger partial charge on any atom is 0.312 e. The van der Waals surface area contributed by atoms with Gasteiger partial charge in [0.1, 0.15) is 5.82 Å². The van der Waals surface area contributed by atoms with Crippen LogP contribution < -0.4 is 5.32 Å². The predicted octanol–water partition coefficient (Wildman–Crippen LogP) is 3.76. The first-order chi connectivity index (χ1) is 15.9. The molecule has 0 unspecified atom stereocenters. The fourth-order valence-electron chi connectivity index (χ4n) is 3.72. The lowest BCUT2D eigenvalue weighted by Crippen LogP contribution is -2.53. The number of halogens is 1. The van der Waals surface area contributed by atoms with Gasteiger partial charge in [-0.1, -0.05) is 42.5 Å². The van der Waals surface area contributed by atoms with E-state index >= 15 is 0 Å². The van der Waals surface area contributed by atoms with Crippen molar-refractivity contribution in [2.75, 3.05) is 18.4 Å². The maximum absolute atomic E-state index is 13.1. The summed E-state index contributed by atoms with van der Waals surface area (Å²) in [6, 6.07) is 20.4. The van der Waals surface area contributed by atoms with Crippen molar-refractivity contribution in [2.24, 2.45) is 0 Å². The zero-order valence-electron chi connectivity index (χ0n) is 18.3. The molecular weight excluding hydrogens is 421 g/mol. The van der Waals surface area contributed by atoms with Crippen molar-refractivity contribution >= 4 is 23.4 Å². The normalized spacial score (nSPS) is 13.9. The van der Waals surface area contributed by atoms with Crippen LogP contribution in [0.25, 0.3) is 0 Å². The van der Waals surface area contributed by atoms with Crippen molar-refractivity contribution in [1.29, 1.82) is 0 Å². The van der Waals surface area contributed by atoms with Gasteiger partial charge in [0.15, 0.2) is 0 Å². The van der Waals surface area contributed by atoms with Crippen molar-refractivity contribution in [1.82, 2.24) is 9.80 Å². The molecule has 1 aliphatic rings. The number of hydrogen-bond acceptors (Lipinski definition) is 3. The van der Waals surface area contributed by atoms with Crippen LogP contribution in [0.3, 0.4) is 0 Å². The van der Waals surface area contributed by atoms with Crippen LogP contribution in [-0.4, -0.2) is 40.6 Å². The molecule has 0 aliphatic carbocycles. The van der Waals surface area contributed by atoms with Crippen LogP contribution in [0.1, 0.15) is 27.0 Å². The highest BCUT2D eigenvalue weighted by Crippen LogP contribution is 2.17. The quantitative estimate of drug-likeness (QED) is 0.588. The number of aryl methyl sites for hydroxylation is 1. The molecule has 168 valence electrons. The van der Waals surface area contributed by atoms with Crippen LogP contribution in [0.5, 0.6) is 0 Å². The Kier molecular flexibility index (Phi) is 6.49. The van der Waals surface area contributed by atoms with Gasteiger partial charge in [-0.05, 0) is 53.9 Å². The minimum Gasteiger partial charge on any atom is -0.328 e. The lowest BCUT2D eigenvalue weighted by molar-refractivity contribution is -0.156. The number of piperazine rings is 1. The summed E-state index contributed by atoms with van der Waals surface area (Å²) in [6.07, 6.45) is 0. The molecule has 1 saturated heterocycles. The van der Waals surface area contributed by atoms with Crippen LogP contribution in [0, 0.1) is 12.7 Å². The van der Waals surface area contributed by atoms with E-state index in [9.17, 15) is 18.8 Å². The van der Waals surface area contributed by atoms with Gasteiger partial charge >= 0.3 is 11.8 Å². The smallest absolute Gasteiger partial charge is 0.312 e. The summed E-state index contributed by atoms with van der Waals surface area (Å²) in [4.78, 5) is 40.7. The molecule has 1 fully saturated rings. The number of amides is 3. The molecule has 1 aliphatic heterocycles. The third-order valence-electron chi connectivity index (χ3n) is 5.67. The van der Waals surface area contributed by atoms with Gasteiger partial charge in [0.25, 0.3) is 5.91 Å². The molecule has 0 atom stereocenters. The third kappa shape index (κ3) is 5.26. The topological polar surface area (TPSA) is 69.7 Å². The van der Waals surface area contributed by atoms with E-state index in [-0.39, 0.29) is 24.8 Å². The number of carbonyl (C=O) groups excluding carboxylic acids is 3. The van der Waals surface area contributed by atoms with Crippen molar-refractivity contribution in [3.63, 3.8) is 0 Å². The Bertz CT molecular complexity index is 1180. The SMILES string of the molecule is Cc1ccccc1NC(=O)c1ccc(CN2CCN(Cc3ccc(F)cc3)C(=O)C2=O)cc1. The van der Waals surface area contributed by atoms with E-state index in [1.165, 1.54) is 21.9 Å². The van der Waals surface area contributed by atoms with Crippen molar-refractivity contribution in [2.45, 2.75) is 20.0 Å². The third-order valence-corrected chi connectivity index (χ3v) is 5.67. The molecule has 1 N–H and O–H groups in total. The number of hydrogen-bond donors (Lipinski definition) is 1. The fraction of sp³-hybridized carbons (Fsp3) is 0.192. The van der Waals surface area contributed by atoms with Crippen LogP contribution in [-0.2, 0) is 22.7 Å². The maximum atomic E-state index is 13.1. The van der Waals surface area contributed by atoms with Gasteiger partial charge in [-0.15, -0.1) is 0 Å². The average molecular weight is 445 g/mol. The summed E-state index contributed by atoms with van der Waals surface area (Å²) in [6.45, 7) is 3.29. The van der Waals surface area contributed by atoms with Crippen LogP contribution in [0.15, 0.2) is 72.8 Å². The Hall–Kier alpha value is -4.00. The standard InChI is InChI=1S/C26H24FN3O3/c1-18-4-2-3-5-23(18)28-24(31)21-10-6-19(7-11-21)16-29-14-15-30(26(33)25(29)32)17-20-8-12-22(27)13-9-20/h2-13H,14-17H2,1H3,(H,28,31). The van der Waals surface area contributed by atoms with E-state index in [0.717, 1.165) is 22.4 Å². The molecule has 6 nitrogen and oxygen atoms in total. The Labute approximate surface area is 191 Å². The molecule has 0 spiro atoms. The molecule has 4 rings (SSSR count). The molecule has 7 heteroatoms. The highest BCUT2D eigenvalue weighted by molar-refractivity contribution is 6.35. The van der Waals surface area contributed by atoms with Gasteiger partial charge in [0, 0.05) is 37.4 Å². The summed E-state index contributed by atoms with van der Waals surface area (Å²) < 4.78 is 13.1. The first-order valence-electron chi connectivity index (χ1n) is 10.7. The Balaban J connectivity index is 1.35. The molecule has 0 radical (unpaired) electrons. The molecule has 3 aromatic carbocycles. The highest BCUT2D eigenvalue weighted by Gasteiger charge is 2.32. The monoisotopic (exact) mass is 445 g/mol. The van der Waals surface area contributed by atoms with Crippen LogP contribution in [0.2, 0.25) is 0 Å². The molecule has 0 aromatic heterocycles. The Morgan fingerprint density at radius 2 is 1.33 bits per heavy atom. The average Bonchev–Trinajstić information content (AvgIpc) is 2.82. The molecule has 0 bridgehead atoms. The first-order valence-corrected chi connectivity index (χ1v) is 10.7. The zero-order valence-corrected chi connectivity index (χ0v) is 18.3. The van der Waals surface area contributed by atoms with E-state index in [0.29, 0.717) is 18.7 Å². The van der Waals surface area contributed by atoms with E-state index in [2.05, 4.69) is 5.32 Å². The molecular formula is C26H24FN3O3. The number of nitrogens with one attached hydrogen (secondary N) is 1. The molecule has 33 heavy (non-hydrogen) atoms. The molecule has 3 aromatic rings. The number of anilines is 1.